The van der Waals surface area contributed by atoms with Crippen LogP contribution < -0.4 is 5.32 Å². The van der Waals surface area contributed by atoms with E-state index in [4.69, 9.17) is 0 Å². The molecule has 1 aliphatic rings. The van der Waals surface area contributed by atoms with Gasteiger partial charge in [-0.3, -0.25) is 4.90 Å². The molecule has 0 aromatic heterocycles. The molecule has 0 radical (unpaired) electrons. The van der Waals surface area contributed by atoms with Gasteiger partial charge < -0.3 is 5.32 Å². The van der Waals surface area contributed by atoms with E-state index in [1.54, 1.807) is 0 Å². The second kappa shape index (κ2) is 6.95. The third-order valence-electron chi connectivity index (χ3n) is 3.84. The van der Waals surface area contributed by atoms with Crippen LogP contribution in [0.1, 0.15) is 38.7 Å². The molecule has 2 rings (SSSR count). The molecule has 0 aliphatic heterocycles. The molecule has 1 aliphatic carbocycles. The summed E-state index contributed by atoms with van der Waals surface area (Å²) in [6, 6.07) is 9.55. The fourth-order valence-electron chi connectivity index (χ4n) is 2.36. The Labute approximate surface area is 118 Å². The van der Waals surface area contributed by atoms with Crippen molar-refractivity contribution in [1.82, 2.24) is 4.90 Å². The molecule has 0 unspecified atom stereocenters. The minimum Gasteiger partial charge on any atom is -0.384 e. The summed E-state index contributed by atoms with van der Waals surface area (Å²) in [5.41, 5.74) is 2.56. The molecular weight excluding hydrogens is 232 g/mol. The Hall–Kier alpha value is -1.02. The van der Waals surface area contributed by atoms with Crippen molar-refractivity contribution >= 4 is 5.69 Å². The highest BCUT2D eigenvalue weighted by atomic mass is 15.2. The van der Waals surface area contributed by atoms with E-state index in [0.29, 0.717) is 0 Å². The van der Waals surface area contributed by atoms with Gasteiger partial charge >= 0.3 is 0 Å². The SMILES string of the molecule is Cc1ccc(NCCN(CCC(C)C)C2CC2)cc1. The Morgan fingerprint density at radius 1 is 1.16 bits per heavy atom. The summed E-state index contributed by atoms with van der Waals surface area (Å²) in [7, 11) is 0. The lowest BCUT2D eigenvalue weighted by Crippen LogP contribution is -2.32. The van der Waals surface area contributed by atoms with Crippen LogP contribution >= 0.6 is 0 Å². The lowest BCUT2D eigenvalue weighted by atomic mass is 10.1. The molecule has 2 nitrogen and oxygen atoms in total. The fraction of sp³-hybridized carbons (Fsp3) is 0.647. The minimum absolute atomic E-state index is 0.811. The van der Waals surface area contributed by atoms with Crippen LogP contribution in [0, 0.1) is 12.8 Å². The van der Waals surface area contributed by atoms with Crippen LogP contribution in [-0.4, -0.2) is 30.6 Å². The van der Waals surface area contributed by atoms with Crippen LogP contribution in [0.3, 0.4) is 0 Å². The van der Waals surface area contributed by atoms with Crippen LogP contribution in [0.2, 0.25) is 0 Å². The number of hydrogen-bond donors (Lipinski definition) is 1. The highest BCUT2D eigenvalue weighted by Gasteiger charge is 2.28. The van der Waals surface area contributed by atoms with E-state index < -0.39 is 0 Å². The lowest BCUT2D eigenvalue weighted by molar-refractivity contribution is 0.257. The molecule has 1 saturated carbocycles. The quantitative estimate of drug-likeness (QED) is 0.762. The van der Waals surface area contributed by atoms with Gasteiger partial charge in [0, 0.05) is 24.8 Å². The van der Waals surface area contributed by atoms with Gasteiger partial charge in [-0.15, -0.1) is 0 Å². The van der Waals surface area contributed by atoms with Crippen molar-refractivity contribution in [2.24, 2.45) is 5.92 Å². The molecule has 19 heavy (non-hydrogen) atoms. The lowest BCUT2D eigenvalue weighted by Gasteiger charge is -2.23. The molecule has 0 atom stereocenters. The van der Waals surface area contributed by atoms with Crippen LogP contribution in [0.4, 0.5) is 5.69 Å². The van der Waals surface area contributed by atoms with Crippen molar-refractivity contribution in [3.05, 3.63) is 29.8 Å². The van der Waals surface area contributed by atoms with E-state index in [2.05, 4.69) is 55.3 Å². The predicted octanol–water partition coefficient (Wildman–Crippen LogP) is 3.92. The summed E-state index contributed by atoms with van der Waals surface area (Å²) < 4.78 is 0. The van der Waals surface area contributed by atoms with Crippen LogP contribution in [0.5, 0.6) is 0 Å². The van der Waals surface area contributed by atoms with Crippen LogP contribution in [0.15, 0.2) is 24.3 Å². The van der Waals surface area contributed by atoms with E-state index in [1.165, 1.54) is 43.6 Å². The second-order valence-electron chi connectivity index (χ2n) is 6.24. The topological polar surface area (TPSA) is 15.3 Å². The maximum atomic E-state index is 3.53. The first kappa shape index (κ1) is 14.4. The van der Waals surface area contributed by atoms with Gasteiger partial charge in [-0.2, -0.15) is 0 Å². The third kappa shape index (κ3) is 5.23. The maximum absolute atomic E-state index is 3.53. The summed E-state index contributed by atoms with van der Waals surface area (Å²) in [6.07, 6.45) is 4.13. The van der Waals surface area contributed by atoms with Crippen molar-refractivity contribution in [2.45, 2.75) is 46.1 Å². The average molecular weight is 260 g/mol. The normalized spacial score (nSPS) is 15.2. The van der Waals surface area contributed by atoms with Gasteiger partial charge in [-0.25, -0.2) is 0 Å². The summed E-state index contributed by atoms with van der Waals surface area (Å²) >= 11 is 0. The molecule has 1 aromatic carbocycles. The molecule has 1 fully saturated rings. The molecule has 1 N–H and O–H groups in total. The first-order chi connectivity index (χ1) is 9.15. The number of rotatable bonds is 8. The molecule has 0 amide bonds. The molecule has 106 valence electrons. The van der Waals surface area contributed by atoms with Crippen LogP contribution in [0.25, 0.3) is 0 Å². The predicted molar refractivity (Wildman–Crippen MR) is 83.7 cm³/mol. The number of nitrogens with one attached hydrogen (secondary N) is 1. The molecule has 2 heteroatoms. The maximum Gasteiger partial charge on any atom is 0.0340 e. The third-order valence-corrected chi connectivity index (χ3v) is 3.84. The van der Waals surface area contributed by atoms with Crippen molar-refractivity contribution in [1.29, 1.82) is 0 Å². The Morgan fingerprint density at radius 3 is 2.42 bits per heavy atom. The number of hydrogen-bond acceptors (Lipinski definition) is 2. The van der Waals surface area contributed by atoms with Crippen LogP contribution in [-0.2, 0) is 0 Å². The largest absolute Gasteiger partial charge is 0.384 e. The van der Waals surface area contributed by atoms with Gasteiger partial charge in [0.05, 0.1) is 0 Å². The van der Waals surface area contributed by atoms with Gasteiger partial charge in [0.15, 0.2) is 0 Å². The Kier molecular flexibility index (Phi) is 5.26. The number of aryl methyl sites for hydroxylation is 1. The van der Waals surface area contributed by atoms with Gasteiger partial charge in [0.2, 0.25) is 0 Å². The Bertz CT molecular complexity index is 365. The van der Waals surface area contributed by atoms with Gasteiger partial charge in [0.25, 0.3) is 0 Å². The van der Waals surface area contributed by atoms with E-state index in [1.807, 2.05) is 0 Å². The zero-order valence-electron chi connectivity index (χ0n) is 12.7. The van der Waals surface area contributed by atoms with Gasteiger partial charge in [0.1, 0.15) is 0 Å². The molecule has 0 spiro atoms. The van der Waals surface area contributed by atoms with Gasteiger partial charge in [-0.05, 0) is 50.8 Å². The minimum atomic E-state index is 0.811. The highest BCUT2D eigenvalue weighted by Crippen LogP contribution is 2.27. The molecule has 0 saturated heterocycles. The Balaban J connectivity index is 1.71. The van der Waals surface area contributed by atoms with E-state index >= 15 is 0 Å². The van der Waals surface area contributed by atoms with E-state index in [-0.39, 0.29) is 0 Å². The summed E-state index contributed by atoms with van der Waals surface area (Å²) in [6.45, 7) is 10.2. The molecule has 1 aromatic rings. The average Bonchev–Trinajstić information content (AvgIpc) is 3.20. The molecule has 0 heterocycles. The number of benzene rings is 1. The molecular formula is C17H28N2. The van der Waals surface area contributed by atoms with Crippen molar-refractivity contribution < 1.29 is 0 Å². The van der Waals surface area contributed by atoms with Crippen molar-refractivity contribution in [2.75, 3.05) is 25.0 Å². The summed E-state index contributed by atoms with van der Waals surface area (Å²) in [5, 5.41) is 3.53. The summed E-state index contributed by atoms with van der Waals surface area (Å²) in [4.78, 5) is 2.67. The van der Waals surface area contributed by atoms with E-state index in [0.717, 1.165) is 18.5 Å². The first-order valence-corrected chi connectivity index (χ1v) is 7.70. The Morgan fingerprint density at radius 2 is 1.84 bits per heavy atom. The van der Waals surface area contributed by atoms with Gasteiger partial charge in [-0.1, -0.05) is 31.5 Å². The van der Waals surface area contributed by atoms with Crippen molar-refractivity contribution in [3.8, 4) is 0 Å². The zero-order valence-corrected chi connectivity index (χ0v) is 12.7. The number of anilines is 1. The van der Waals surface area contributed by atoms with Crippen molar-refractivity contribution in [3.63, 3.8) is 0 Å². The highest BCUT2D eigenvalue weighted by molar-refractivity contribution is 5.44. The second-order valence-corrected chi connectivity index (χ2v) is 6.24. The zero-order chi connectivity index (χ0) is 13.7. The molecule has 0 bridgehead atoms. The smallest absolute Gasteiger partial charge is 0.0340 e. The first-order valence-electron chi connectivity index (χ1n) is 7.70. The van der Waals surface area contributed by atoms with E-state index in [9.17, 15) is 0 Å². The standard InChI is InChI=1S/C17H28N2/c1-14(2)10-12-19(17-8-9-17)13-11-18-16-6-4-15(3)5-7-16/h4-7,14,17-18H,8-13H2,1-3H3. The number of nitrogens with zero attached hydrogens (tertiary/aromatic N) is 1. The monoisotopic (exact) mass is 260 g/mol. The fourth-order valence-corrected chi connectivity index (χ4v) is 2.36. The summed E-state index contributed by atoms with van der Waals surface area (Å²) in [5.74, 6) is 0.811.